The molecule has 1 fully saturated rings. The molecule has 0 amide bonds. The van der Waals surface area contributed by atoms with Crippen molar-refractivity contribution in [3.05, 3.63) is 27.0 Å². The number of sulfonamides is 1. The molecule has 0 aromatic carbocycles. The van der Waals surface area contributed by atoms with Crippen molar-refractivity contribution in [1.82, 2.24) is 14.7 Å². The molecule has 9 nitrogen and oxygen atoms in total. The number of aliphatic carboxylic acids is 1. The summed E-state index contributed by atoms with van der Waals surface area (Å²) in [5.74, 6) is -1.89. The lowest BCUT2D eigenvalue weighted by Gasteiger charge is -2.17. The average molecular weight is 303 g/mol. The maximum Gasteiger partial charge on any atom is 0.325 e. The normalized spacial score (nSPS) is 22.8. The Balaban J connectivity index is 2.30. The van der Waals surface area contributed by atoms with Gasteiger partial charge in [0.2, 0.25) is 10.0 Å². The number of hydrogen-bond donors (Lipinski definition) is 4. The number of H-pyrrole nitrogens is 2. The van der Waals surface area contributed by atoms with E-state index >= 15 is 0 Å². The highest BCUT2D eigenvalue weighted by Gasteiger charge is 2.36. The molecule has 4 N–H and O–H groups in total. The van der Waals surface area contributed by atoms with Crippen LogP contribution in [0.3, 0.4) is 0 Å². The van der Waals surface area contributed by atoms with Crippen LogP contribution >= 0.6 is 0 Å². The van der Waals surface area contributed by atoms with Crippen molar-refractivity contribution in [1.29, 1.82) is 0 Å². The van der Waals surface area contributed by atoms with Gasteiger partial charge in [-0.3, -0.25) is 14.6 Å². The van der Waals surface area contributed by atoms with Gasteiger partial charge in [0.25, 0.3) is 5.56 Å². The van der Waals surface area contributed by atoms with Crippen molar-refractivity contribution in [2.24, 2.45) is 5.92 Å². The molecule has 110 valence electrons. The van der Waals surface area contributed by atoms with Gasteiger partial charge < -0.3 is 10.1 Å². The molecular weight excluding hydrogens is 290 g/mol. The topological polar surface area (TPSA) is 149 Å². The number of carboxylic acid groups (broad SMARTS) is 1. The van der Waals surface area contributed by atoms with Gasteiger partial charge >= 0.3 is 11.7 Å². The van der Waals surface area contributed by atoms with E-state index in [1.54, 1.807) is 4.98 Å². The first kappa shape index (κ1) is 14.5. The summed E-state index contributed by atoms with van der Waals surface area (Å²) < 4.78 is 26.3. The van der Waals surface area contributed by atoms with E-state index in [1.807, 2.05) is 0 Å². The van der Waals surface area contributed by atoms with E-state index in [-0.39, 0.29) is 0 Å². The van der Waals surface area contributed by atoms with E-state index < -0.39 is 44.1 Å². The summed E-state index contributed by atoms with van der Waals surface area (Å²) in [4.78, 5) is 36.5. The molecule has 0 radical (unpaired) electrons. The Hall–Kier alpha value is -1.94. The van der Waals surface area contributed by atoms with Crippen LogP contribution in [0, 0.1) is 5.92 Å². The molecule has 1 aliphatic carbocycles. The lowest BCUT2D eigenvalue weighted by atomic mass is 10.1. The van der Waals surface area contributed by atoms with Crippen molar-refractivity contribution in [2.45, 2.75) is 30.2 Å². The quantitative estimate of drug-likeness (QED) is 0.537. The van der Waals surface area contributed by atoms with E-state index in [0.717, 1.165) is 6.20 Å². The zero-order valence-electron chi connectivity index (χ0n) is 10.3. The molecule has 0 saturated heterocycles. The summed E-state index contributed by atoms with van der Waals surface area (Å²) in [5, 5.41) is 8.99. The first-order chi connectivity index (χ1) is 9.31. The second kappa shape index (κ2) is 5.21. The summed E-state index contributed by atoms with van der Waals surface area (Å²) >= 11 is 0. The molecule has 10 heteroatoms. The Bertz CT molecular complexity index is 734. The summed E-state index contributed by atoms with van der Waals surface area (Å²) in [7, 11) is -4.18. The molecule has 0 bridgehead atoms. The number of aromatic amines is 2. The van der Waals surface area contributed by atoms with Crippen LogP contribution in [0.2, 0.25) is 0 Å². The third kappa shape index (κ3) is 2.80. The monoisotopic (exact) mass is 303 g/mol. The first-order valence-electron chi connectivity index (χ1n) is 5.88. The van der Waals surface area contributed by atoms with Crippen LogP contribution in [0.4, 0.5) is 0 Å². The van der Waals surface area contributed by atoms with Crippen LogP contribution in [0.5, 0.6) is 0 Å². The molecule has 1 aromatic rings. The standard InChI is InChI=1S/C10H13N3O6S/c14-8-7(4-11-10(17)12-8)20(18,19)13-6-3-1-2-5(6)9(15)16/h4-6,13H,1-3H2,(H,15,16)(H2,11,12,14,17). The van der Waals surface area contributed by atoms with E-state index in [9.17, 15) is 22.8 Å². The Morgan fingerprint density at radius 2 is 2.05 bits per heavy atom. The molecule has 2 atom stereocenters. The summed E-state index contributed by atoms with van der Waals surface area (Å²) in [6, 6.07) is -0.760. The third-order valence-corrected chi connectivity index (χ3v) is 4.71. The van der Waals surface area contributed by atoms with Crippen LogP contribution in [0.1, 0.15) is 19.3 Å². The van der Waals surface area contributed by atoms with E-state index in [0.29, 0.717) is 19.3 Å². The molecular formula is C10H13N3O6S. The van der Waals surface area contributed by atoms with Gasteiger partial charge in [-0.1, -0.05) is 6.42 Å². The second-order valence-corrected chi connectivity index (χ2v) is 6.22. The summed E-state index contributed by atoms with van der Waals surface area (Å²) in [6.45, 7) is 0. The highest BCUT2D eigenvalue weighted by atomic mass is 32.2. The molecule has 0 aliphatic heterocycles. The summed E-state index contributed by atoms with van der Waals surface area (Å²) in [5.41, 5.74) is -1.87. The minimum Gasteiger partial charge on any atom is -0.481 e. The predicted molar refractivity (Wildman–Crippen MR) is 66.8 cm³/mol. The van der Waals surface area contributed by atoms with Gasteiger partial charge in [-0.15, -0.1) is 0 Å². The van der Waals surface area contributed by atoms with Crippen molar-refractivity contribution < 1.29 is 18.3 Å². The number of carbonyl (C=O) groups is 1. The van der Waals surface area contributed by atoms with Crippen LogP contribution in [0.25, 0.3) is 0 Å². The van der Waals surface area contributed by atoms with Crippen LogP contribution in [0.15, 0.2) is 20.7 Å². The van der Waals surface area contributed by atoms with Gasteiger partial charge in [0, 0.05) is 12.2 Å². The number of aromatic nitrogens is 2. The Labute approximate surface area is 113 Å². The molecule has 1 saturated carbocycles. The van der Waals surface area contributed by atoms with Crippen LogP contribution < -0.4 is 16.0 Å². The van der Waals surface area contributed by atoms with Crippen molar-refractivity contribution in [3.63, 3.8) is 0 Å². The SMILES string of the molecule is O=C(O)C1CCCC1NS(=O)(=O)c1c[nH]c(=O)[nH]c1=O. The fourth-order valence-electron chi connectivity index (χ4n) is 2.26. The van der Waals surface area contributed by atoms with Gasteiger partial charge in [-0.25, -0.2) is 17.9 Å². The first-order valence-corrected chi connectivity index (χ1v) is 7.37. The number of carboxylic acids is 1. The maximum atomic E-state index is 12.0. The Morgan fingerprint density at radius 1 is 1.35 bits per heavy atom. The second-order valence-electron chi connectivity index (χ2n) is 4.54. The third-order valence-electron chi connectivity index (χ3n) is 3.21. The van der Waals surface area contributed by atoms with E-state index in [4.69, 9.17) is 5.11 Å². The Kier molecular flexibility index (Phi) is 3.77. The maximum absolute atomic E-state index is 12.0. The fraction of sp³-hybridized carbons (Fsp3) is 0.500. The molecule has 20 heavy (non-hydrogen) atoms. The van der Waals surface area contributed by atoms with E-state index in [2.05, 4.69) is 9.71 Å². The Morgan fingerprint density at radius 3 is 2.65 bits per heavy atom. The van der Waals surface area contributed by atoms with Crippen molar-refractivity contribution >= 4 is 16.0 Å². The number of nitrogens with one attached hydrogen (secondary N) is 3. The zero-order valence-corrected chi connectivity index (χ0v) is 11.1. The smallest absolute Gasteiger partial charge is 0.325 e. The fourth-order valence-corrected chi connectivity index (χ4v) is 3.57. The largest absolute Gasteiger partial charge is 0.481 e. The van der Waals surface area contributed by atoms with Gasteiger partial charge in [-0.2, -0.15) is 0 Å². The van der Waals surface area contributed by atoms with Crippen molar-refractivity contribution in [3.8, 4) is 0 Å². The molecule has 1 aliphatic rings. The minimum absolute atomic E-state index is 0.379. The van der Waals surface area contributed by atoms with Gasteiger partial charge in [0.1, 0.15) is 0 Å². The van der Waals surface area contributed by atoms with Gasteiger partial charge in [0.05, 0.1) is 5.92 Å². The van der Waals surface area contributed by atoms with Gasteiger partial charge in [0.15, 0.2) is 4.90 Å². The lowest BCUT2D eigenvalue weighted by Crippen LogP contribution is -2.42. The average Bonchev–Trinajstić information content (AvgIpc) is 2.75. The lowest BCUT2D eigenvalue weighted by molar-refractivity contribution is -0.141. The molecule has 1 heterocycles. The number of hydrogen-bond acceptors (Lipinski definition) is 5. The van der Waals surface area contributed by atoms with Crippen LogP contribution in [-0.2, 0) is 14.8 Å². The zero-order chi connectivity index (χ0) is 14.9. The minimum atomic E-state index is -4.18. The van der Waals surface area contributed by atoms with Crippen molar-refractivity contribution in [2.75, 3.05) is 0 Å². The predicted octanol–water partition coefficient (Wildman–Crippen LogP) is -1.41. The van der Waals surface area contributed by atoms with E-state index in [1.165, 1.54) is 0 Å². The highest BCUT2D eigenvalue weighted by Crippen LogP contribution is 2.26. The van der Waals surface area contributed by atoms with Crippen LogP contribution in [-0.4, -0.2) is 35.5 Å². The molecule has 1 aromatic heterocycles. The van der Waals surface area contributed by atoms with Gasteiger partial charge in [-0.05, 0) is 12.8 Å². The molecule has 2 rings (SSSR count). The molecule has 2 unspecified atom stereocenters. The number of rotatable bonds is 4. The molecule has 0 spiro atoms. The summed E-state index contributed by atoms with van der Waals surface area (Å²) in [6.07, 6.45) is 2.14. The highest BCUT2D eigenvalue weighted by molar-refractivity contribution is 7.89.